The van der Waals surface area contributed by atoms with Gasteiger partial charge < -0.3 is 9.84 Å². The fourth-order valence-electron chi connectivity index (χ4n) is 2.53. The van der Waals surface area contributed by atoms with Crippen LogP contribution in [0.3, 0.4) is 0 Å². The van der Waals surface area contributed by atoms with Crippen LogP contribution in [-0.4, -0.2) is 15.1 Å². The molecule has 0 fully saturated rings. The molecule has 0 atom stereocenters. The average molecular weight is 419 g/mol. The second-order valence-electron chi connectivity index (χ2n) is 5.83. The third-order valence-corrected chi connectivity index (χ3v) is 5.02. The van der Waals surface area contributed by atoms with Crippen LogP contribution >= 0.6 is 22.9 Å². The van der Waals surface area contributed by atoms with Gasteiger partial charge in [-0.2, -0.15) is 4.98 Å². The van der Waals surface area contributed by atoms with Crippen molar-refractivity contribution in [1.29, 1.82) is 0 Å². The van der Waals surface area contributed by atoms with Gasteiger partial charge in [0.05, 0.1) is 12.2 Å². The molecule has 142 valence electrons. The maximum absolute atomic E-state index is 12.5. The predicted molar refractivity (Wildman–Crippen MR) is 105 cm³/mol. The summed E-state index contributed by atoms with van der Waals surface area (Å²) in [6.45, 7) is 0.150. The standard InChI is InChI=1S/C19H13ClF2N4OS/c20-13-6-4-11(5-7-13)15-10-28-19(24-15)12-2-1-3-14(8-12)23-9-16-25-18(17(21)22)26-27-16/h1-8,10,17,23H,9H2. The van der Waals surface area contributed by atoms with E-state index >= 15 is 0 Å². The number of alkyl halides is 2. The van der Waals surface area contributed by atoms with Gasteiger partial charge in [0, 0.05) is 27.2 Å². The second kappa shape index (κ2) is 8.04. The van der Waals surface area contributed by atoms with Crippen LogP contribution in [0.4, 0.5) is 14.5 Å². The summed E-state index contributed by atoms with van der Waals surface area (Å²) < 4.78 is 29.8. The molecular formula is C19H13ClF2N4OS. The minimum atomic E-state index is -2.75. The van der Waals surface area contributed by atoms with E-state index in [1.807, 2.05) is 53.9 Å². The van der Waals surface area contributed by atoms with Crippen LogP contribution in [0.25, 0.3) is 21.8 Å². The molecule has 0 aliphatic rings. The molecule has 0 unspecified atom stereocenters. The number of rotatable bonds is 6. The normalized spacial score (nSPS) is 11.1. The van der Waals surface area contributed by atoms with Crippen LogP contribution in [-0.2, 0) is 6.54 Å². The lowest BCUT2D eigenvalue weighted by Crippen LogP contribution is -2.00. The maximum atomic E-state index is 12.5. The van der Waals surface area contributed by atoms with Crippen molar-refractivity contribution in [2.75, 3.05) is 5.32 Å². The van der Waals surface area contributed by atoms with E-state index in [0.29, 0.717) is 5.02 Å². The van der Waals surface area contributed by atoms with E-state index in [2.05, 4.69) is 20.4 Å². The van der Waals surface area contributed by atoms with Gasteiger partial charge in [0.25, 0.3) is 0 Å². The molecular weight excluding hydrogens is 406 g/mol. The Labute approximate surface area is 168 Å². The third-order valence-electron chi connectivity index (χ3n) is 3.88. The van der Waals surface area contributed by atoms with Crippen molar-refractivity contribution in [3.05, 3.63) is 70.6 Å². The summed E-state index contributed by atoms with van der Waals surface area (Å²) in [5.74, 6) is -0.511. The summed E-state index contributed by atoms with van der Waals surface area (Å²) >= 11 is 7.47. The van der Waals surface area contributed by atoms with Gasteiger partial charge in [0.2, 0.25) is 11.7 Å². The second-order valence-corrected chi connectivity index (χ2v) is 7.12. The molecule has 0 aliphatic carbocycles. The first-order valence-electron chi connectivity index (χ1n) is 8.25. The quantitative estimate of drug-likeness (QED) is 0.412. The van der Waals surface area contributed by atoms with E-state index in [1.165, 1.54) is 11.3 Å². The first-order valence-corrected chi connectivity index (χ1v) is 9.50. The zero-order chi connectivity index (χ0) is 19.5. The minimum Gasteiger partial charge on any atom is -0.376 e. The monoisotopic (exact) mass is 418 g/mol. The van der Waals surface area contributed by atoms with Gasteiger partial charge in [-0.05, 0) is 24.3 Å². The molecule has 0 saturated carbocycles. The van der Waals surface area contributed by atoms with Crippen LogP contribution < -0.4 is 5.32 Å². The van der Waals surface area contributed by atoms with Gasteiger partial charge in [-0.15, -0.1) is 11.3 Å². The Bertz CT molecular complexity index is 1080. The van der Waals surface area contributed by atoms with Crippen LogP contribution in [0.1, 0.15) is 18.1 Å². The summed E-state index contributed by atoms with van der Waals surface area (Å²) in [5, 5.41) is 9.86. The predicted octanol–water partition coefficient (Wildman–Crippen LogP) is 6.06. The van der Waals surface area contributed by atoms with Crippen molar-refractivity contribution in [3.8, 4) is 21.8 Å². The Morgan fingerprint density at radius 2 is 1.89 bits per heavy atom. The van der Waals surface area contributed by atoms with E-state index in [0.717, 1.165) is 27.5 Å². The fourth-order valence-corrected chi connectivity index (χ4v) is 3.48. The van der Waals surface area contributed by atoms with Crippen LogP contribution in [0.2, 0.25) is 5.02 Å². The van der Waals surface area contributed by atoms with E-state index < -0.39 is 12.2 Å². The number of nitrogens with zero attached hydrogens (tertiary/aromatic N) is 3. The Morgan fingerprint density at radius 3 is 2.64 bits per heavy atom. The van der Waals surface area contributed by atoms with E-state index in [4.69, 9.17) is 16.1 Å². The first kappa shape index (κ1) is 18.5. The van der Waals surface area contributed by atoms with Crippen LogP contribution in [0.5, 0.6) is 0 Å². The molecule has 2 aromatic heterocycles. The molecule has 0 radical (unpaired) electrons. The van der Waals surface area contributed by atoms with Gasteiger partial charge >= 0.3 is 6.43 Å². The molecule has 0 amide bonds. The number of thiazole rings is 1. The van der Waals surface area contributed by atoms with Gasteiger partial charge in [-0.3, -0.25) is 0 Å². The summed E-state index contributed by atoms with van der Waals surface area (Å²) in [7, 11) is 0. The van der Waals surface area contributed by atoms with Crippen LogP contribution in [0, 0.1) is 0 Å². The number of aromatic nitrogens is 3. The number of hydrogen-bond donors (Lipinski definition) is 1. The Morgan fingerprint density at radius 1 is 1.07 bits per heavy atom. The molecule has 0 spiro atoms. The number of hydrogen-bond acceptors (Lipinski definition) is 6. The molecule has 28 heavy (non-hydrogen) atoms. The Balaban J connectivity index is 1.48. The Hall–Kier alpha value is -2.84. The van der Waals surface area contributed by atoms with Gasteiger partial charge in [-0.1, -0.05) is 41.0 Å². The Kier molecular flexibility index (Phi) is 5.31. The van der Waals surface area contributed by atoms with Crippen molar-refractivity contribution < 1.29 is 13.3 Å². The van der Waals surface area contributed by atoms with Gasteiger partial charge in [-0.25, -0.2) is 13.8 Å². The van der Waals surface area contributed by atoms with Crippen molar-refractivity contribution in [3.63, 3.8) is 0 Å². The summed E-state index contributed by atoms with van der Waals surface area (Å²) in [6.07, 6.45) is -2.75. The molecule has 2 heterocycles. The molecule has 4 aromatic rings. The number of nitrogens with one attached hydrogen (secondary N) is 1. The number of anilines is 1. The molecule has 0 saturated heterocycles. The third kappa shape index (κ3) is 4.18. The summed E-state index contributed by atoms with van der Waals surface area (Å²) in [4.78, 5) is 8.32. The SMILES string of the molecule is FC(F)c1noc(CNc2cccc(-c3nc(-c4ccc(Cl)cc4)cs3)c2)n1. The zero-order valence-electron chi connectivity index (χ0n) is 14.3. The summed E-state index contributed by atoms with van der Waals surface area (Å²) in [6, 6.07) is 15.1. The number of benzene rings is 2. The van der Waals surface area contributed by atoms with Crippen molar-refractivity contribution in [2.24, 2.45) is 0 Å². The maximum Gasteiger partial charge on any atom is 0.300 e. The topological polar surface area (TPSA) is 63.8 Å². The molecule has 2 aromatic carbocycles. The van der Waals surface area contributed by atoms with Crippen molar-refractivity contribution in [2.45, 2.75) is 13.0 Å². The first-order chi connectivity index (χ1) is 13.6. The van der Waals surface area contributed by atoms with Gasteiger partial charge in [0.15, 0.2) is 0 Å². The zero-order valence-corrected chi connectivity index (χ0v) is 15.8. The highest BCUT2D eigenvalue weighted by Gasteiger charge is 2.15. The highest BCUT2D eigenvalue weighted by molar-refractivity contribution is 7.13. The molecule has 0 aliphatic heterocycles. The van der Waals surface area contributed by atoms with E-state index in [1.54, 1.807) is 0 Å². The van der Waals surface area contributed by atoms with Crippen LogP contribution in [0.15, 0.2) is 58.4 Å². The molecule has 5 nitrogen and oxygen atoms in total. The highest BCUT2D eigenvalue weighted by Crippen LogP contribution is 2.30. The molecule has 1 N–H and O–H groups in total. The fraction of sp³-hybridized carbons (Fsp3) is 0.105. The lowest BCUT2D eigenvalue weighted by Gasteiger charge is -2.05. The van der Waals surface area contributed by atoms with E-state index in [9.17, 15) is 8.78 Å². The van der Waals surface area contributed by atoms with Crippen molar-refractivity contribution >= 4 is 28.6 Å². The molecule has 4 rings (SSSR count). The summed E-state index contributed by atoms with van der Waals surface area (Å²) in [5.41, 5.74) is 3.60. The van der Waals surface area contributed by atoms with E-state index in [-0.39, 0.29) is 12.4 Å². The minimum absolute atomic E-state index is 0.0972. The lowest BCUT2D eigenvalue weighted by atomic mass is 10.2. The lowest BCUT2D eigenvalue weighted by molar-refractivity contribution is 0.136. The largest absolute Gasteiger partial charge is 0.376 e. The average Bonchev–Trinajstić information content (AvgIpc) is 3.37. The van der Waals surface area contributed by atoms with Crippen molar-refractivity contribution in [1.82, 2.24) is 15.1 Å². The molecule has 9 heteroatoms. The molecule has 0 bridgehead atoms. The van der Waals surface area contributed by atoms with Gasteiger partial charge in [0.1, 0.15) is 5.01 Å². The smallest absolute Gasteiger partial charge is 0.300 e. The highest BCUT2D eigenvalue weighted by atomic mass is 35.5. The number of halogens is 3.